The molecule has 1 aliphatic heterocycles. The molecule has 2 aromatic rings. The van der Waals surface area contributed by atoms with E-state index < -0.39 is 5.60 Å². The van der Waals surface area contributed by atoms with E-state index in [-0.39, 0.29) is 5.91 Å². The second-order valence-corrected chi connectivity index (χ2v) is 4.45. The van der Waals surface area contributed by atoms with Crippen LogP contribution in [-0.4, -0.2) is 11.8 Å². The average molecular weight is 251 g/mol. The van der Waals surface area contributed by atoms with Crippen molar-refractivity contribution in [2.24, 2.45) is 4.99 Å². The minimum Gasteiger partial charge on any atom is -0.455 e. The first-order valence-corrected chi connectivity index (χ1v) is 6.13. The molecule has 0 saturated heterocycles. The molecule has 1 aliphatic rings. The largest absolute Gasteiger partial charge is 0.455 e. The topological polar surface area (TPSA) is 38.7 Å². The lowest BCUT2D eigenvalue weighted by atomic mass is 9.86. The van der Waals surface area contributed by atoms with Crippen LogP contribution in [0, 0.1) is 0 Å². The van der Waals surface area contributed by atoms with Crippen LogP contribution in [0.15, 0.2) is 65.7 Å². The van der Waals surface area contributed by atoms with Gasteiger partial charge >= 0.3 is 5.91 Å². The molecule has 0 fully saturated rings. The zero-order valence-corrected chi connectivity index (χ0v) is 10.5. The first-order valence-electron chi connectivity index (χ1n) is 6.13. The number of hydrogen-bond acceptors (Lipinski definition) is 2. The Kier molecular flexibility index (Phi) is 2.67. The summed E-state index contributed by atoms with van der Waals surface area (Å²) < 4.78 is 5.83. The van der Waals surface area contributed by atoms with Crippen LogP contribution < -0.4 is 0 Å². The fraction of sp³-hybridized carbons (Fsp3) is 0.125. The maximum Gasteiger partial charge on any atom is 0.302 e. The van der Waals surface area contributed by atoms with Crippen molar-refractivity contribution in [3.8, 4) is 0 Å². The Morgan fingerprint density at radius 3 is 1.74 bits per heavy atom. The van der Waals surface area contributed by atoms with Gasteiger partial charge in [0, 0.05) is 18.1 Å². The number of rotatable bonds is 2. The third-order valence-electron chi connectivity index (χ3n) is 3.22. The van der Waals surface area contributed by atoms with Crippen molar-refractivity contribution < 1.29 is 9.53 Å². The number of amides is 1. The highest BCUT2D eigenvalue weighted by Crippen LogP contribution is 2.38. The zero-order valence-electron chi connectivity index (χ0n) is 10.5. The molecule has 3 rings (SSSR count). The van der Waals surface area contributed by atoms with Gasteiger partial charge in [0.2, 0.25) is 5.60 Å². The molecule has 0 aromatic heterocycles. The van der Waals surface area contributed by atoms with Gasteiger partial charge in [0.05, 0.1) is 0 Å². The molecule has 94 valence electrons. The van der Waals surface area contributed by atoms with E-state index in [0.29, 0.717) is 5.90 Å². The quantitative estimate of drug-likeness (QED) is 0.823. The van der Waals surface area contributed by atoms with Crippen molar-refractivity contribution in [2.75, 3.05) is 0 Å². The number of nitrogens with zero attached hydrogens (tertiary/aromatic N) is 1. The van der Waals surface area contributed by atoms with Crippen LogP contribution in [0.5, 0.6) is 0 Å². The Balaban J connectivity index is 2.22. The predicted octanol–water partition coefficient (Wildman–Crippen LogP) is 2.91. The molecule has 0 saturated carbocycles. The first kappa shape index (κ1) is 11.7. The van der Waals surface area contributed by atoms with Gasteiger partial charge in [-0.2, -0.15) is 4.99 Å². The van der Waals surface area contributed by atoms with E-state index in [1.165, 1.54) is 0 Å². The molecular formula is C16H13NO2. The van der Waals surface area contributed by atoms with Gasteiger partial charge in [0.1, 0.15) is 0 Å². The standard InChI is InChI=1S/C16H13NO2/c1-12-17-15(18)16(19-12,13-8-4-2-5-9-13)14-10-6-3-7-11-14/h2-11H,1H3. The molecule has 3 heteroatoms. The number of hydrogen-bond donors (Lipinski definition) is 0. The maximum atomic E-state index is 12.4. The van der Waals surface area contributed by atoms with Gasteiger partial charge in [-0.1, -0.05) is 60.7 Å². The van der Waals surface area contributed by atoms with Gasteiger partial charge in [-0.05, 0) is 0 Å². The van der Waals surface area contributed by atoms with E-state index >= 15 is 0 Å². The van der Waals surface area contributed by atoms with E-state index in [4.69, 9.17) is 4.74 Å². The third-order valence-corrected chi connectivity index (χ3v) is 3.22. The molecule has 0 aliphatic carbocycles. The van der Waals surface area contributed by atoms with Crippen molar-refractivity contribution >= 4 is 11.8 Å². The lowest BCUT2D eigenvalue weighted by Crippen LogP contribution is -2.35. The van der Waals surface area contributed by atoms with Crippen molar-refractivity contribution in [3.05, 3.63) is 71.8 Å². The Morgan fingerprint density at radius 1 is 0.895 bits per heavy atom. The maximum absolute atomic E-state index is 12.4. The van der Waals surface area contributed by atoms with Gasteiger partial charge in [0.25, 0.3) is 0 Å². The van der Waals surface area contributed by atoms with Crippen molar-refractivity contribution in [1.29, 1.82) is 0 Å². The molecule has 0 unspecified atom stereocenters. The summed E-state index contributed by atoms with van der Waals surface area (Å²) in [5.74, 6) is 0.125. The molecule has 0 N–H and O–H groups in total. The number of carbonyl (C=O) groups excluding carboxylic acids is 1. The molecule has 0 bridgehead atoms. The summed E-state index contributed by atoms with van der Waals surface area (Å²) in [6.45, 7) is 1.70. The van der Waals surface area contributed by atoms with Crippen molar-refractivity contribution in [1.82, 2.24) is 0 Å². The molecular weight excluding hydrogens is 238 g/mol. The normalized spacial score (nSPS) is 16.9. The van der Waals surface area contributed by atoms with E-state index in [0.717, 1.165) is 11.1 Å². The van der Waals surface area contributed by atoms with E-state index in [2.05, 4.69) is 4.99 Å². The van der Waals surface area contributed by atoms with Gasteiger partial charge in [-0.15, -0.1) is 0 Å². The fourth-order valence-corrected chi connectivity index (χ4v) is 2.39. The summed E-state index contributed by atoms with van der Waals surface area (Å²) in [7, 11) is 0. The summed E-state index contributed by atoms with van der Waals surface area (Å²) in [5.41, 5.74) is 0.464. The Hall–Kier alpha value is -2.42. The Morgan fingerprint density at radius 2 is 1.37 bits per heavy atom. The summed E-state index contributed by atoms with van der Waals surface area (Å²) >= 11 is 0. The Labute approximate surface area is 111 Å². The summed E-state index contributed by atoms with van der Waals surface area (Å²) in [5, 5.41) is 0. The molecule has 0 atom stereocenters. The molecule has 3 nitrogen and oxygen atoms in total. The molecule has 0 spiro atoms. The van der Waals surface area contributed by atoms with Crippen LogP contribution in [0.2, 0.25) is 0 Å². The monoisotopic (exact) mass is 251 g/mol. The lowest BCUT2D eigenvalue weighted by molar-refractivity contribution is -0.128. The highest BCUT2D eigenvalue weighted by molar-refractivity contribution is 6.04. The van der Waals surface area contributed by atoms with Crippen molar-refractivity contribution in [2.45, 2.75) is 12.5 Å². The highest BCUT2D eigenvalue weighted by atomic mass is 16.5. The fourth-order valence-electron chi connectivity index (χ4n) is 2.39. The number of ether oxygens (including phenoxy) is 1. The molecule has 0 radical (unpaired) electrons. The minimum absolute atomic E-state index is 0.276. The lowest BCUT2D eigenvalue weighted by Gasteiger charge is -2.27. The summed E-state index contributed by atoms with van der Waals surface area (Å²) in [6, 6.07) is 18.9. The van der Waals surface area contributed by atoms with Crippen LogP contribution in [-0.2, 0) is 15.1 Å². The highest BCUT2D eigenvalue weighted by Gasteiger charge is 2.48. The van der Waals surface area contributed by atoms with E-state index in [9.17, 15) is 4.79 Å². The second kappa shape index (κ2) is 4.35. The van der Waals surface area contributed by atoms with Crippen LogP contribution in [0.25, 0.3) is 0 Å². The Bertz CT molecular complexity index is 593. The van der Waals surface area contributed by atoms with Gasteiger partial charge in [0.15, 0.2) is 5.90 Å². The zero-order chi connectivity index (χ0) is 13.3. The smallest absolute Gasteiger partial charge is 0.302 e. The second-order valence-electron chi connectivity index (χ2n) is 4.45. The third kappa shape index (κ3) is 1.74. The molecule has 1 amide bonds. The van der Waals surface area contributed by atoms with Crippen LogP contribution in [0.4, 0.5) is 0 Å². The van der Waals surface area contributed by atoms with E-state index in [1.54, 1.807) is 6.92 Å². The van der Waals surface area contributed by atoms with Crippen LogP contribution in [0.3, 0.4) is 0 Å². The van der Waals surface area contributed by atoms with Crippen molar-refractivity contribution in [3.63, 3.8) is 0 Å². The van der Waals surface area contributed by atoms with Gasteiger partial charge in [-0.3, -0.25) is 4.79 Å². The SMILES string of the molecule is CC1=NC(=O)C(c2ccccc2)(c2ccccc2)O1. The average Bonchev–Trinajstić information content (AvgIpc) is 2.76. The van der Waals surface area contributed by atoms with Crippen LogP contribution in [0.1, 0.15) is 18.1 Å². The number of aliphatic imine (C=N–C) groups is 1. The van der Waals surface area contributed by atoms with Gasteiger partial charge in [-0.25, -0.2) is 0 Å². The first-order chi connectivity index (χ1) is 9.23. The molecule has 1 heterocycles. The predicted molar refractivity (Wildman–Crippen MR) is 72.9 cm³/mol. The van der Waals surface area contributed by atoms with E-state index in [1.807, 2.05) is 60.7 Å². The molecule has 19 heavy (non-hydrogen) atoms. The minimum atomic E-state index is -1.13. The summed E-state index contributed by atoms with van der Waals surface area (Å²) in [6.07, 6.45) is 0. The van der Waals surface area contributed by atoms with Gasteiger partial charge < -0.3 is 4.74 Å². The molecule has 2 aromatic carbocycles. The van der Waals surface area contributed by atoms with Crippen LogP contribution >= 0.6 is 0 Å². The summed E-state index contributed by atoms with van der Waals surface area (Å²) in [4.78, 5) is 16.3. The number of carbonyl (C=O) groups is 1. The number of benzene rings is 2.